The number of piperazine rings is 1. The molecule has 1 atom stereocenters. The highest BCUT2D eigenvalue weighted by atomic mass is 79.9. The molecule has 1 saturated heterocycles. The smallest absolute Gasteiger partial charge is 0.227 e. The third kappa shape index (κ3) is 3.91. The Balaban J connectivity index is 1.93. The molecule has 7 heteroatoms. The molecule has 21 heavy (non-hydrogen) atoms. The zero-order valence-electron chi connectivity index (χ0n) is 12.5. The maximum atomic E-state index is 12.4. The van der Waals surface area contributed by atoms with Gasteiger partial charge in [-0.15, -0.1) is 0 Å². The fourth-order valence-electron chi connectivity index (χ4n) is 2.49. The van der Waals surface area contributed by atoms with Crippen LogP contribution in [-0.4, -0.2) is 53.5 Å². The summed E-state index contributed by atoms with van der Waals surface area (Å²) in [5, 5.41) is 0. The highest BCUT2D eigenvalue weighted by molar-refractivity contribution is 9.10. The molecule has 0 spiro atoms. The SMILES string of the molecule is CC(C)C(CN)C(=O)N1CCN(c2ncc(Br)cn2)CC1. The van der Waals surface area contributed by atoms with E-state index < -0.39 is 0 Å². The lowest BCUT2D eigenvalue weighted by Gasteiger charge is -2.36. The third-order valence-corrected chi connectivity index (χ3v) is 4.27. The number of aromatic nitrogens is 2. The lowest BCUT2D eigenvalue weighted by atomic mass is 9.94. The molecule has 6 nitrogen and oxygen atoms in total. The van der Waals surface area contributed by atoms with E-state index in [1.165, 1.54) is 0 Å². The molecule has 1 aromatic rings. The summed E-state index contributed by atoms with van der Waals surface area (Å²) in [6.07, 6.45) is 3.48. The van der Waals surface area contributed by atoms with Crippen LogP contribution in [0.3, 0.4) is 0 Å². The molecule has 2 N–H and O–H groups in total. The van der Waals surface area contributed by atoms with Crippen molar-refractivity contribution < 1.29 is 4.79 Å². The molecule has 0 aromatic carbocycles. The lowest BCUT2D eigenvalue weighted by molar-refractivity contribution is -0.136. The number of anilines is 1. The van der Waals surface area contributed by atoms with Crippen LogP contribution in [0.4, 0.5) is 5.95 Å². The molecule has 0 aliphatic carbocycles. The molecular formula is C14H22BrN5O. The molecular weight excluding hydrogens is 334 g/mol. The number of carbonyl (C=O) groups is 1. The molecule has 1 aliphatic rings. The predicted octanol–water partition coefficient (Wildman–Crippen LogP) is 1.12. The Bertz CT molecular complexity index is 471. The number of carbonyl (C=O) groups excluding carboxylic acids is 1. The normalized spacial score (nSPS) is 17.2. The zero-order chi connectivity index (χ0) is 15.4. The van der Waals surface area contributed by atoms with Gasteiger partial charge in [0.05, 0.1) is 10.4 Å². The molecule has 0 radical (unpaired) electrons. The van der Waals surface area contributed by atoms with Crippen LogP contribution in [0.2, 0.25) is 0 Å². The van der Waals surface area contributed by atoms with E-state index >= 15 is 0 Å². The Morgan fingerprint density at radius 2 is 1.86 bits per heavy atom. The fourth-order valence-corrected chi connectivity index (χ4v) is 2.69. The van der Waals surface area contributed by atoms with E-state index in [-0.39, 0.29) is 17.7 Å². The van der Waals surface area contributed by atoms with Crippen LogP contribution in [0.5, 0.6) is 0 Å². The van der Waals surface area contributed by atoms with E-state index in [2.05, 4.69) is 30.8 Å². The third-order valence-electron chi connectivity index (χ3n) is 3.86. The predicted molar refractivity (Wildman–Crippen MR) is 85.9 cm³/mol. The topological polar surface area (TPSA) is 75.4 Å². The van der Waals surface area contributed by atoms with Crippen molar-refractivity contribution in [2.75, 3.05) is 37.6 Å². The second-order valence-electron chi connectivity index (χ2n) is 5.60. The van der Waals surface area contributed by atoms with Crippen molar-refractivity contribution in [2.24, 2.45) is 17.6 Å². The summed E-state index contributed by atoms with van der Waals surface area (Å²) in [5.41, 5.74) is 5.73. The molecule has 1 fully saturated rings. The second kappa shape index (κ2) is 7.17. The average Bonchev–Trinajstić information content (AvgIpc) is 2.48. The molecule has 2 heterocycles. The van der Waals surface area contributed by atoms with Gasteiger partial charge in [0.15, 0.2) is 0 Å². The van der Waals surface area contributed by atoms with E-state index in [4.69, 9.17) is 5.73 Å². The van der Waals surface area contributed by atoms with Gasteiger partial charge in [0, 0.05) is 45.1 Å². The van der Waals surface area contributed by atoms with Crippen LogP contribution < -0.4 is 10.6 Å². The van der Waals surface area contributed by atoms with Crippen molar-refractivity contribution >= 4 is 27.8 Å². The summed E-state index contributed by atoms with van der Waals surface area (Å²) < 4.78 is 0.864. The van der Waals surface area contributed by atoms with Gasteiger partial charge in [-0.05, 0) is 21.8 Å². The van der Waals surface area contributed by atoms with E-state index in [0.717, 1.165) is 17.6 Å². The maximum Gasteiger partial charge on any atom is 0.227 e. The van der Waals surface area contributed by atoms with Crippen molar-refractivity contribution in [1.29, 1.82) is 0 Å². The van der Waals surface area contributed by atoms with Crippen LogP contribution in [0.1, 0.15) is 13.8 Å². The maximum absolute atomic E-state index is 12.4. The van der Waals surface area contributed by atoms with Gasteiger partial charge in [-0.25, -0.2) is 9.97 Å². The Kier molecular flexibility index (Phi) is 5.52. The van der Waals surface area contributed by atoms with Crippen LogP contribution in [0, 0.1) is 11.8 Å². The molecule has 116 valence electrons. The average molecular weight is 356 g/mol. The van der Waals surface area contributed by atoms with Crippen molar-refractivity contribution in [3.63, 3.8) is 0 Å². The van der Waals surface area contributed by atoms with Gasteiger partial charge in [-0.2, -0.15) is 0 Å². The van der Waals surface area contributed by atoms with Crippen LogP contribution in [-0.2, 0) is 4.79 Å². The van der Waals surface area contributed by atoms with Gasteiger partial charge in [0.25, 0.3) is 0 Å². The number of hydrogen-bond acceptors (Lipinski definition) is 5. The quantitative estimate of drug-likeness (QED) is 0.875. The van der Waals surface area contributed by atoms with Gasteiger partial charge in [0.2, 0.25) is 11.9 Å². The molecule has 1 unspecified atom stereocenters. The summed E-state index contributed by atoms with van der Waals surface area (Å²) in [7, 11) is 0. The van der Waals surface area contributed by atoms with Gasteiger partial charge in [-0.1, -0.05) is 13.8 Å². The summed E-state index contributed by atoms with van der Waals surface area (Å²) in [6, 6.07) is 0. The van der Waals surface area contributed by atoms with Crippen molar-refractivity contribution in [1.82, 2.24) is 14.9 Å². The van der Waals surface area contributed by atoms with Gasteiger partial charge in [0.1, 0.15) is 0 Å². The molecule has 2 rings (SSSR count). The summed E-state index contributed by atoms with van der Waals surface area (Å²) in [4.78, 5) is 25.1. The fraction of sp³-hybridized carbons (Fsp3) is 0.643. The van der Waals surface area contributed by atoms with Crippen molar-refractivity contribution in [3.8, 4) is 0 Å². The van der Waals surface area contributed by atoms with Crippen LogP contribution in [0.25, 0.3) is 0 Å². The largest absolute Gasteiger partial charge is 0.339 e. The number of hydrogen-bond donors (Lipinski definition) is 1. The molecule has 1 aliphatic heterocycles. The van der Waals surface area contributed by atoms with E-state index in [1.54, 1.807) is 12.4 Å². The first kappa shape index (κ1) is 16.2. The number of nitrogens with zero attached hydrogens (tertiary/aromatic N) is 4. The molecule has 1 aromatic heterocycles. The highest BCUT2D eigenvalue weighted by Crippen LogP contribution is 2.17. The van der Waals surface area contributed by atoms with Crippen molar-refractivity contribution in [3.05, 3.63) is 16.9 Å². The number of rotatable bonds is 4. The zero-order valence-corrected chi connectivity index (χ0v) is 14.1. The summed E-state index contributed by atoms with van der Waals surface area (Å²) in [6.45, 7) is 7.39. The number of amides is 1. The van der Waals surface area contributed by atoms with E-state index in [0.29, 0.717) is 25.6 Å². The molecule has 1 amide bonds. The van der Waals surface area contributed by atoms with Crippen molar-refractivity contribution in [2.45, 2.75) is 13.8 Å². The van der Waals surface area contributed by atoms with Gasteiger partial charge in [-0.3, -0.25) is 4.79 Å². The Labute approximate surface area is 133 Å². The van der Waals surface area contributed by atoms with E-state index in [1.807, 2.05) is 18.7 Å². The minimum atomic E-state index is -0.0829. The lowest BCUT2D eigenvalue weighted by Crippen LogP contribution is -2.52. The van der Waals surface area contributed by atoms with Crippen LogP contribution >= 0.6 is 15.9 Å². The minimum Gasteiger partial charge on any atom is -0.339 e. The second-order valence-corrected chi connectivity index (χ2v) is 6.52. The number of halogens is 1. The minimum absolute atomic E-state index is 0.0829. The van der Waals surface area contributed by atoms with Gasteiger partial charge >= 0.3 is 0 Å². The first-order chi connectivity index (χ1) is 10.0. The van der Waals surface area contributed by atoms with Crippen LogP contribution in [0.15, 0.2) is 16.9 Å². The summed E-state index contributed by atoms with van der Waals surface area (Å²) >= 11 is 3.33. The van der Waals surface area contributed by atoms with E-state index in [9.17, 15) is 4.79 Å². The molecule has 0 saturated carbocycles. The highest BCUT2D eigenvalue weighted by Gasteiger charge is 2.29. The molecule has 0 bridgehead atoms. The first-order valence-electron chi connectivity index (χ1n) is 7.24. The standard InChI is InChI=1S/C14H22BrN5O/c1-10(2)12(7-16)13(21)19-3-5-20(6-4-19)14-17-8-11(15)9-18-14/h8-10,12H,3-7,16H2,1-2H3. The van der Waals surface area contributed by atoms with Gasteiger partial charge < -0.3 is 15.5 Å². The first-order valence-corrected chi connectivity index (χ1v) is 8.03. The summed E-state index contributed by atoms with van der Waals surface area (Å²) in [5.74, 6) is 1.07. The monoisotopic (exact) mass is 355 g/mol. The Morgan fingerprint density at radius 1 is 1.29 bits per heavy atom. The Morgan fingerprint density at radius 3 is 2.33 bits per heavy atom. The number of nitrogens with two attached hydrogens (primary N) is 1. The Hall–Kier alpha value is -1.21.